The van der Waals surface area contributed by atoms with Crippen LogP contribution in [0.3, 0.4) is 0 Å². The molecule has 3 heterocycles. The maximum Gasteiger partial charge on any atom is 0.258 e. The number of fused-ring (bicyclic) bond motifs is 1. The van der Waals surface area contributed by atoms with Crippen LogP contribution in [0.4, 0.5) is 23.3 Å². The van der Waals surface area contributed by atoms with Crippen LogP contribution in [0.25, 0.3) is 11.2 Å². The van der Waals surface area contributed by atoms with Gasteiger partial charge in [-0.1, -0.05) is 6.07 Å². The average Bonchev–Trinajstić information content (AvgIpc) is 3.27. The summed E-state index contributed by atoms with van der Waals surface area (Å²) in [5, 5.41) is 6.22. The minimum Gasteiger partial charge on any atom is -0.497 e. The van der Waals surface area contributed by atoms with Gasteiger partial charge in [0.2, 0.25) is 11.9 Å². The first-order valence-corrected chi connectivity index (χ1v) is 12.4. The molecule has 1 fully saturated rings. The number of hydrogen-bond acceptors (Lipinski definition) is 8. The Kier molecular flexibility index (Phi) is 6.91. The molecule has 2 aromatic carbocycles. The lowest BCUT2D eigenvalue weighted by molar-refractivity contribution is 0.102. The number of carbonyl (C=O) groups is 1. The second kappa shape index (κ2) is 10.4. The fourth-order valence-corrected chi connectivity index (χ4v) is 4.42. The number of imidazole rings is 1. The third-order valence-electron chi connectivity index (χ3n) is 6.50. The van der Waals surface area contributed by atoms with Crippen LogP contribution in [-0.4, -0.2) is 70.7 Å². The van der Waals surface area contributed by atoms with Crippen molar-refractivity contribution in [2.45, 2.75) is 19.9 Å². The van der Waals surface area contributed by atoms with Gasteiger partial charge < -0.3 is 19.9 Å². The standard InChI is InChI=1S/C27H32N8O2/c1-18(2)35-24-23(30-27(35)32-25(36)19-6-5-7-22(16-19)37-4)17-28-26(31-24)29-20-8-10-21(11-9-20)34-14-12-33(3)13-15-34/h5-11,16-18H,12-15H2,1-4H3,(H,28,29,31)(H,30,32,36). The number of aromatic nitrogens is 4. The number of anilines is 4. The molecule has 0 unspecified atom stereocenters. The number of amides is 1. The van der Waals surface area contributed by atoms with Crippen molar-refractivity contribution < 1.29 is 9.53 Å². The predicted octanol–water partition coefficient (Wildman–Crippen LogP) is 4.16. The Balaban J connectivity index is 1.36. The summed E-state index contributed by atoms with van der Waals surface area (Å²) < 4.78 is 7.14. The predicted molar refractivity (Wildman–Crippen MR) is 146 cm³/mol. The van der Waals surface area contributed by atoms with Gasteiger partial charge in [0.05, 0.1) is 13.3 Å². The molecule has 1 aliphatic rings. The fourth-order valence-electron chi connectivity index (χ4n) is 4.42. The van der Waals surface area contributed by atoms with Crippen LogP contribution in [0.1, 0.15) is 30.2 Å². The highest BCUT2D eigenvalue weighted by Gasteiger charge is 2.19. The zero-order valence-electron chi connectivity index (χ0n) is 21.6. The smallest absolute Gasteiger partial charge is 0.258 e. The largest absolute Gasteiger partial charge is 0.497 e. The van der Waals surface area contributed by atoms with Crippen molar-refractivity contribution in [1.82, 2.24) is 24.4 Å². The molecule has 0 saturated carbocycles. The number of likely N-dealkylation sites (N-methyl/N-ethyl adjacent to an activating group) is 1. The van der Waals surface area contributed by atoms with Gasteiger partial charge in [0, 0.05) is 49.2 Å². The summed E-state index contributed by atoms with van der Waals surface area (Å²) in [4.78, 5) is 31.4. The van der Waals surface area contributed by atoms with E-state index in [0.717, 1.165) is 31.9 Å². The molecule has 0 atom stereocenters. The van der Waals surface area contributed by atoms with E-state index in [2.05, 4.69) is 49.6 Å². The third kappa shape index (κ3) is 5.34. The van der Waals surface area contributed by atoms with Gasteiger partial charge in [0.1, 0.15) is 11.3 Å². The molecule has 10 nitrogen and oxygen atoms in total. The van der Waals surface area contributed by atoms with E-state index in [0.29, 0.717) is 34.4 Å². The topological polar surface area (TPSA) is 100 Å². The summed E-state index contributed by atoms with van der Waals surface area (Å²) in [6, 6.07) is 15.3. The number of rotatable bonds is 7. The van der Waals surface area contributed by atoms with Crippen molar-refractivity contribution in [2.75, 3.05) is 55.9 Å². The zero-order chi connectivity index (χ0) is 25.9. The molecule has 1 saturated heterocycles. The van der Waals surface area contributed by atoms with Gasteiger partial charge in [-0.2, -0.15) is 4.98 Å². The highest BCUT2D eigenvalue weighted by Crippen LogP contribution is 2.26. The van der Waals surface area contributed by atoms with E-state index >= 15 is 0 Å². The van der Waals surface area contributed by atoms with Gasteiger partial charge >= 0.3 is 0 Å². The van der Waals surface area contributed by atoms with Crippen molar-refractivity contribution in [3.05, 3.63) is 60.3 Å². The first kappa shape index (κ1) is 24.5. The van der Waals surface area contributed by atoms with Crippen LogP contribution in [0.5, 0.6) is 5.75 Å². The van der Waals surface area contributed by atoms with Gasteiger partial charge in [0.25, 0.3) is 5.91 Å². The number of piperazine rings is 1. The van der Waals surface area contributed by atoms with E-state index in [1.54, 1.807) is 37.6 Å². The molecular formula is C27H32N8O2. The van der Waals surface area contributed by atoms with E-state index < -0.39 is 0 Å². The number of hydrogen-bond donors (Lipinski definition) is 2. The Morgan fingerprint density at radius 3 is 2.49 bits per heavy atom. The quantitative estimate of drug-likeness (QED) is 0.390. The van der Waals surface area contributed by atoms with Gasteiger partial charge in [0.15, 0.2) is 5.65 Å². The maximum absolute atomic E-state index is 12.9. The van der Waals surface area contributed by atoms with Gasteiger partial charge in [-0.25, -0.2) is 9.97 Å². The van der Waals surface area contributed by atoms with E-state index in [9.17, 15) is 4.79 Å². The Morgan fingerprint density at radius 1 is 1.03 bits per heavy atom. The average molecular weight is 501 g/mol. The van der Waals surface area contributed by atoms with Crippen molar-refractivity contribution in [1.29, 1.82) is 0 Å². The van der Waals surface area contributed by atoms with Crippen LogP contribution in [0.2, 0.25) is 0 Å². The molecule has 1 aliphatic heterocycles. The molecule has 0 spiro atoms. The number of nitrogens with zero attached hydrogens (tertiary/aromatic N) is 6. The van der Waals surface area contributed by atoms with Gasteiger partial charge in [-0.05, 0) is 63.4 Å². The van der Waals surface area contributed by atoms with E-state index in [1.165, 1.54) is 5.69 Å². The molecule has 5 rings (SSSR count). The second-order valence-electron chi connectivity index (χ2n) is 9.45. The Morgan fingerprint density at radius 2 is 1.78 bits per heavy atom. The fraction of sp³-hybridized carbons (Fsp3) is 0.333. The van der Waals surface area contributed by atoms with Gasteiger partial charge in [-0.15, -0.1) is 0 Å². The summed E-state index contributed by atoms with van der Waals surface area (Å²) in [6.07, 6.45) is 1.67. The van der Waals surface area contributed by atoms with Crippen molar-refractivity contribution in [2.24, 2.45) is 0 Å². The maximum atomic E-state index is 12.9. The van der Waals surface area contributed by atoms with Crippen LogP contribution in [0.15, 0.2) is 54.7 Å². The number of methoxy groups -OCH3 is 1. The summed E-state index contributed by atoms with van der Waals surface area (Å²) >= 11 is 0. The van der Waals surface area contributed by atoms with E-state index in [4.69, 9.17) is 9.72 Å². The summed E-state index contributed by atoms with van der Waals surface area (Å²) in [5.41, 5.74) is 3.84. The molecule has 0 radical (unpaired) electrons. The highest BCUT2D eigenvalue weighted by molar-refractivity contribution is 6.04. The zero-order valence-corrected chi connectivity index (χ0v) is 21.6. The lowest BCUT2D eigenvalue weighted by Gasteiger charge is -2.34. The molecule has 4 aromatic rings. The number of nitrogens with one attached hydrogen (secondary N) is 2. The summed E-state index contributed by atoms with van der Waals surface area (Å²) in [5.74, 6) is 1.22. The van der Waals surface area contributed by atoms with E-state index in [1.807, 2.05) is 30.5 Å². The summed E-state index contributed by atoms with van der Waals surface area (Å²) in [7, 11) is 3.73. The lowest BCUT2D eigenvalue weighted by atomic mass is 10.2. The highest BCUT2D eigenvalue weighted by atomic mass is 16.5. The Bertz CT molecular complexity index is 1390. The monoisotopic (exact) mass is 500 g/mol. The number of ether oxygens (including phenoxy) is 1. The summed E-state index contributed by atoms with van der Waals surface area (Å²) in [6.45, 7) is 8.24. The molecule has 1 amide bonds. The lowest BCUT2D eigenvalue weighted by Crippen LogP contribution is -2.44. The van der Waals surface area contributed by atoms with Crippen molar-refractivity contribution >= 4 is 40.3 Å². The van der Waals surface area contributed by atoms with E-state index in [-0.39, 0.29) is 11.9 Å². The SMILES string of the molecule is COc1cccc(C(=O)Nc2nc3cnc(Nc4ccc(N5CCN(C)CC5)cc4)nc3n2C(C)C)c1. The van der Waals surface area contributed by atoms with Crippen molar-refractivity contribution in [3.8, 4) is 5.75 Å². The van der Waals surface area contributed by atoms with Crippen LogP contribution >= 0.6 is 0 Å². The molecule has 2 aromatic heterocycles. The molecule has 10 heteroatoms. The molecule has 37 heavy (non-hydrogen) atoms. The molecule has 192 valence electrons. The minimum atomic E-state index is -0.275. The van der Waals surface area contributed by atoms with Crippen LogP contribution in [0, 0.1) is 0 Å². The second-order valence-corrected chi connectivity index (χ2v) is 9.45. The minimum absolute atomic E-state index is 0.0104. The first-order valence-electron chi connectivity index (χ1n) is 12.4. The Labute approximate surface area is 216 Å². The van der Waals surface area contributed by atoms with Crippen molar-refractivity contribution in [3.63, 3.8) is 0 Å². The molecule has 2 N–H and O–H groups in total. The molecular weight excluding hydrogens is 468 g/mol. The van der Waals surface area contributed by atoms with Crippen LogP contribution in [-0.2, 0) is 0 Å². The normalized spacial score (nSPS) is 14.2. The van der Waals surface area contributed by atoms with Gasteiger partial charge in [-0.3, -0.25) is 14.7 Å². The first-order chi connectivity index (χ1) is 17.9. The number of carbonyl (C=O) groups excluding carboxylic acids is 1. The Hall–Kier alpha value is -4.18. The number of benzene rings is 2. The van der Waals surface area contributed by atoms with Crippen LogP contribution < -0.4 is 20.3 Å². The third-order valence-corrected chi connectivity index (χ3v) is 6.50. The molecule has 0 bridgehead atoms. The molecule has 0 aliphatic carbocycles.